The van der Waals surface area contributed by atoms with Crippen LogP contribution in [-0.2, 0) is 0 Å². The molecular weight excluding hydrogens is 312 g/mol. The number of thiophene rings is 1. The maximum absolute atomic E-state index is 12.2. The molecule has 5 heteroatoms. The molecule has 98 valence electrons. The van der Waals surface area contributed by atoms with Crippen molar-refractivity contribution in [2.75, 3.05) is 13.1 Å². The van der Waals surface area contributed by atoms with Crippen LogP contribution in [0, 0.1) is 5.92 Å². The van der Waals surface area contributed by atoms with Crippen molar-refractivity contribution in [3.63, 3.8) is 0 Å². The Balaban J connectivity index is 1.71. The van der Waals surface area contributed by atoms with Gasteiger partial charge >= 0.3 is 0 Å². The van der Waals surface area contributed by atoms with Crippen molar-refractivity contribution in [3.8, 4) is 0 Å². The summed E-state index contributed by atoms with van der Waals surface area (Å²) in [6.45, 7) is 4.63. The Morgan fingerprint density at radius 3 is 2.72 bits per heavy atom. The zero-order chi connectivity index (χ0) is 12.7. The molecule has 1 N–H and O–H groups in total. The molecular formula is C13H17BrN2OS. The van der Waals surface area contributed by atoms with Crippen molar-refractivity contribution in [3.05, 3.63) is 20.8 Å². The predicted octanol–water partition coefficient (Wildman–Crippen LogP) is 2.72. The summed E-state index contributed by atoms with van der Waals surface area (Å²) in [5, 5.41) is 3.24. The molecule has 4 heterocycles. The highest BCUT2D eigenvalue weighted by Crippen LogP contribution is 2.32. The van der Waals surface area contributed by atoms with Gasteiger partial charge in [0.1, 0.15) is 0 Å². The number of halogens is 1. The number of hydrogen-bond donors (Lipinski definition) is 1. The molecule has 0 unspecified atom stereocenters. The first-order valence-electron chi connectivity index (χ1n) is 6.45. The summed E-state index contributed by atoms with van der Waals surface area (Å²) in [4.78, 5) is 15.5. The second-order valence-electron chi connectivity index (χ2n) is 5.22. The Labute approximate surface area is 120 Å². The number of carbonyl (C=O) groups is 1. The van der Waals surface area contributed by atoms with E-state index in [0.717, 1.165) is 8.66 Å². The molecule has 0 spiro atoms. The van der Waals surface area contributed by atoms with Crippen LogP contribution in [0.3, 0.4) is 0 Å². The predicted molar refractivity (Wildman–Crippen MR) is 77.0 cm³/mol. The van der Waals surface area contributed by atoms with Gasteiger partial charge in [-0.05, 0) is 66.8 Å². The van der Waals surface area contributed by atoms with E-state index in [0.29, 0.717) is 18.0 Å². The van der Waals surface area contributed by atoms with Gasteiger partial charge in [-0.15, -0.1) is 11.3 Å². The molecule has 18 heavy (non-hydrogen) atoms. The fraction of sp³-hybridized carbons (Fsp3) is 0.615. The maximum Gasteiger partial charge on any atom is 0.261 e. The number of amides is 1. The van der Waals surface area contributed by atoms with Gasteiger partial charge in [-0.25, -0.2) is 0 Å². The zero-order valence-corrected chi connectivity index (χ0v) is 12.8. The summed E-state index contributed by atoms with van der Waals surface area (Å²) >= 11 is 4.90. The lowest BCUT2D eigenvalue weighted by Crippen LogP contribution is -2.62. The van der Waals surface area contributed by atoms with E-state index in [1.165, 1.54) is 37.3 Å². The molecule has 0 radical (unpaired) electrons. The third kappa shape index (κ3) is 2.24. The van der Waals surface area contributed by atoms with Crippen LogP contribution in [0.5, 0.6) is 0 Å². The number of hydrogen-bond acceptors (Lipinski definition) is 3. The van der Waals surface area contributed by atoms with Gasteiger partial charge in [0, 0.05) is 12.1 Å². The fourth-order valence-corrected chi connectivity index (χ4v) is 4.49. The number of rotatable bonds is 2. The van der Waals surface area contributed by atoms with E-state index in [2.05, 4.69) is 33.1 Å². The smallest absolute Gasteiger partial charge is 0.261 e. The Bertz CT molecular complexity index is 452. The summed E-state index contributed by atoms with van der Waals surface area (Å²) < 4.78 is 1.01. The second-order valence-corrected chi connectivity index (χ2v) is 7.68. The van der Waals surface area contributed by atoms with Gasteiger partial charge in [-0.3, -0.25) is 9.69 Å². The van der Waals surface area contributed by atoms with Crippen molar-refractivity contribution in [1.29, 1.82) is 0 Å². The van der Waals surface area contributed by atoms with E-state index >= 15 is 0 Å². The van der Waals surface area contributed by atoms with Crippen LogP contribution < -0.4 is 5.32 Å². The van der Waals surface area contributed by atoms with Crippen molar-refractivity contribution in [2.45, 2.75) is 31.8 Å². The van der Waals surface area contributed by atoms with E-state index in [1.54, 1.807) is 0 Å². The molecule has 1 aromatic heterocycles. The molecule has 2 bridgehead atoms. The van der Waals surface area contributed by atoms with Crippen LogP contribution >= 0.6 is 27.3 Å². The highest BCUT2D eigenvalue weighted by molar-refractivity contribution is 9.11. The van der Waals surface area contributed by atoms with Crippen LogP contribution in [-0.4, -0.2) is 36.0 Å². The topological polar surface area (TPSA) is 32.3 Å². The zero-order valence-electron chi connectivity index (χ0n) is 10.4. The van der Waals surface area contributed by atoms with Gasteiger partial charge in [0.2, 0.25) is 0 Å². The van der Waals surface area contributed by atoms with Crippen LogP contribution in [0.1, 0.15) is 29.4 Å². The quantitative estimate of drug-likeness (QED) is 0.905. The second kappa shape index (κ2) is 4.94. The molecule has 3 aliphatic heterocycles. The molecule has 1 aromatic rings. The minimum atomic E-state index is 0.0799. The molecule has 3 fully saturated rings. The molecule has 0 aliphatic carbocycles. The lowest BCUT2D eigenvalue weighted by molar-refractivity contribution is 0.0218. The summed E-state index contributed by atoms with van der Waals surface area (Å²) in [5.41, 5.74) is 0. The lowest BCUT2D eigenvalue weighted by Gasteiger charge is -2.49. The molecule has 2 atom stereocenters. The molecule has 3 aliphatic rings. The highest BCUT2D eigenvalue weighted by Gasteiger charge is 2.40. The van der Waals surface area contributed by atoms with Gasteiger partial charge in [0.15, 0.2) is 0 Å². The summed E-state index contributed by atoms with van der Waals surface area (Å²) in [7, 11) is 0. The third-order valence-corrected chi connectivity index (χ3v) is 5.89. The molecule has 3 nitrogen and oxygen atoms in total. The van der Waals surface area contributed by atoms with Gasteiger partial charge in [0.05, 0.1) is 8.66 Å². The first-order chi connectivity index (χ1) is 8.65. The molecule has 0 aromatic carbocycles. The standard InChI is InChI=1S/C13H17BrN2OS/c1-8-12(9-4-6-16(8)7-5-9)15-13(17)10-2-3-11(14)18-10/h2-3,8-9,12H,4-7H2,1H3,(H,15,17)/t8-,12+/m1/s1. The van der Waals surface area contributed by atoms with Gasteiger partial charge in [-0.1, -0.05) is 0 Å². The molecule has 4 rings (SSSR count). The Hall–Kier alpha value is -0.390. The first-order valence-corrected chi connectivity index (χ1v) is 8.06. The molecule has 1 amide bonds. The van der Waals surface area contributed by atoms with Crippen LogP contribution in [0.2, 0.25) is 0 Å². The summed E-state index contributed by atoms with van der Waals surface area (Å²) in [5.74, 6) is 0.744. The van der Waals surface area contributed by atoms with Crippen molar-refractivity contribution >= 4 is 33.2 Å². The van der Waals surface area contributed by atoms with E-state index in [9.17, 15) is 4.79 Å². The largest absolute Gasteiger partial charge is 0.347 e. The van der Waals surface area contributed by atoms with Crippen molar-refractivity contribution in [2.24, 2.45) is 5.92 Å². The highest BCUT2D eigenvalue weighted by atomic mass is 79.9. The van der Waals surface area contributed by atoms with E-state index < -0.39 is 0 Å². The van der Waals surface area contributed by atoms with Crippen LogP contribution in [0.15, 0.2) is 15.9 Å². The normalized spacial score (nSPS) is 34.6. The minimum Gasteiger partial charge on any atom is -0.347 e. The maximum atomic E-state index is 12.2. The van der Waals surface area contributed by atoms with Crippen molar-refractivity contribution < 1.29 is 4.79 Å². The van der Waals surface area contributed by atoms with Crippen LogP contribution in [0.25, 0.3) is 0 Å². The number of nitrogens with zero attached hydrogens (tertiary/aromatic N) is 1. The third-order valence-electron chi connectivity index (χ3n) is 4.27. The monoisotopic (exact) mass is 328 g/mol. The van der Waals surface area contributed by atoms with Gasteiger partial charge in [-0.2, -0.15) is 0 Å². The average molecular weight is 329 g/mol. The Morgan fingerprint density at radius 2 is 2.17 bits per heavy atom. The van der Waals surface area contributed by atoms with E-state index in [4.69, 9.17) is 0 Å². The van der Waals surface area contributed by atoms with Gasteiger partial charge in [0.25, 0.3) is 5.91 Å². The number of nitrogens with one attached hydrogen (secondary N) is 1. The molecule has 3 saturated heterocycles. The van der Waals surface area contributed by atoms with E-state index in [1.807, 2.05) is 12.1 Å². The number of carbonyl (C=O) groups excluding carboxylic acids is 1. The first kappa shape index (κ1) is 12.6. The Morgan fingerprint density at radius 1 is 1.44 bits per heavy atom. The number of piperidine rings is 3. The fourth-order valence-electron chi connectivity index (χ4n) is 3.20. The van der Waals surface area contributed by atoms with E-state index in [-0.39, 0.29) is 5.91 Å². The minimum absolute atomic E-state index is 0.0799. The lowest BCUT2D eigenvalue weighted by atomic mass is 9.79. The average Bonchev–Trinajstić information content (AvgIpc) is 2.81. The summed E-state index contributed by atoms with van der Waals surface area (Å²) in [6, 6.07) is 4.61. The molecule has 0 saturated carbocycles. The van der Waals surface area contributed by atoms with Gasteiger partial charge < -0.3 is 5.32 Å². The summed E-state index contributed by atoms with van der Waals surface area (Å²) in [6.07, 6.45) is 2.45. The van der Waals surface area contributed by atoms with Crippen LogP contribution in [0.4, 0.5) is 0 Å². The number of fused-ring (bicyclic) bond motifs is 3. The SMILES string of the molecule is C[C@@H]1[C@H](NC(=O)c2ccc(Br)s2)C2CCN1CC2. The van der Waals surface area contributed by atoms with Crippen molar-refractivity contribution in [1.82, 2.24) is 10.2 Å². The Kier molecular flexibility index (Phi) is 3.47.